The maximum absolute atomic E-state index is 11.9. The van der Waals surface area contributed by atoms with Gasteiger partial charge in [-0.2, -0.15) is 0 Å². The lowest BCUT2D eigenvalue weighted by molar-refractivity contribution is 0.176. The van der Waals surface area contributed by atoms with Crippen LogP contribution in [-0.2, 0) is 0 Å². The number of rotatable bonds is 1. The monoisotopic (exact) mass is 346 g/mol. The highest BCUT2D eigenvalue weighted by molar-refractivity contribution is 14.1. The van der Waals surface area contributed by atoms with Gasteiger partial charge in [0.15, 0.2) is 0 Å². The largest absolute Gasteiger partial charge is 0.391 e. The molecule has 1 aliphatic heterocycles. The van der Waals surface area contributed by atoms with Crippen LogP contribution in [0.15, 0.2) is 18.2 Å². The maximum Gasteiger partial charge on any atom is 0.321 e. The van der Waals surface area contributed by atoms with Gasteiger partial charge in [0.25, 0.3) is 0 Å². The summed E-state index contributed by atoms with van der Waals surface area (Å²) in [7, 11) is 0. The molecule has 2 rings (SSSR count). The van der Waals surface area contributed by atoms with E-state index in [1.54, 1.807) is 4.90 Å². The minimum absolute atomic E-state index is 0.133. The summed E-state index contributed by atoms with van der Waals surface area (Å²) < 4.78 is 1.09. The molecule has 1 aromatic carbocycles. The smallest absolute Gasteiger partial charge is 0.321 e. The third-order valence-electron chi connectivity index (χ3n) is 2.89. The molecular weight excluding hydrogens is 331 g/mol. The Morgan fingerprint density at radius 1 is 1.59 bits per heavy atom. The molecule has 1 fully saturated rings. The van der Waals surface area contributed by atoms with Crippen molar-refractivity contribution in [1.82, 2.24) is 4.90 Å². The predicted molar refractivity (Wildman–Crippen MR) is 75.1 cm³/mol. The van der Waals surface area contributed by atoms with E-state index in [0.29, 0.717) is 19.5 Å². The first kappa shape index (κ1) is 12.6. The number of anilines is 1. The van der Waals surface area contributed by atoms with Crippen molar-refractivity contribution in [2.24, 2.45) is 0 Å². The van der Waals surface area contributed by atoms with Gasteiger partial charge >= 0.3 is 6.03 Å². The van der Waals surface area contributed by atoms with E-state index in [1.165, 1.54) is 0 Å². The molecule has 92 valence electrons. The fourth-order valence-electron chi connectivity index (χ4n) is 1.85. The maximum atomic E-state index is 11.9. The molecule has 0 aromatic heterocycles. The van der Waals surface area contributed by atoms with E-state index in [0.717, 1.165) is 14.8 Å². The van der Waals surface area contributed by atoms with Gasteiger partial charge in [-0.1, -0.05) is 6.07 Å². The van der Waals surface area contributed by atoms with Crippen LogP contribution < -0.4 is 5.32 Å². The van der Waals surface area contributed by atoms with Crippen LogP contribution in [0, 0.1) is 10.5 Å². The van der Waals surface area contributed by atoms with Crippen molar-refractivity contribution in [2.45, 2.75) is 19.4 Å². The summed E-state index contributed by atoms with van der Waals surface area (Å²) in [6, 6.07) is 5.80. The van der Waals surface area contributed by atoms with Crippen molar-refractivity contribution in [3.63, 3.8) is 0 Å². The first-order valence-corrected chi connectivity index (χ1v) is 6.64. The first-order chi connectivity index (χ1) is 8.06. The van der Waals surface area contributed by atoms with E-state index in [2.05, 4.69) is 27.9 Å². The zero-order valence-corrected chi connectivity index (χ0v) is 11.8. The average Bonchev–Trinajstić information content (AvgIpc) is 2.70. The summed E-state index contributed by atoms with van der Waals surface area (Å²) in [4.78, 5) is 13.6. The summed E-state index contributed by atoms with van der Waals surface area (Å²) in [5, 5.41) is 12.3. The van der Waals surface area contributed by atoms with Gasteiger partial charge in [0.1, 0.15) is 0 Å². The SMILES string of the molecule is Cc1ccc(I)cc1NC(=O)N1CC[C@H](O)C1. The van der Waals surface area contributed by atoms with Crippen molar-refractivity contribution in [2.75, 3.05) is 18.4 Å². The number of aliphatic hydroxyl groups excluding tert-OH is 1. The van der Waals surface area contributed by atoms with Crippen LogP contribution in [0.1, 0.15) is 12.0 Å². The highest BCUT2D eigenvalue weighted by atomic mass is 127. The second-order valence-corrected chi connectivity index (χ2v) is 5.52. The Bertz CT molecular complexity index is 437. The van der Waals surface area contributed by atoms with Gasteiger partial charge in [0.05, 0.1) is 6.10 Å². The lowest BCUT2D eigenvalue weighted by atomic mass is 10.2. The quantitative estimate of drug-likeness (QED) is 0.766. The zero-order valence-electron chi connectivity index (χ0n) is 9.61. The van der Waals surface area contributed by atoms with E-state index in [1.807, 2.05) is 25.1 Å². The minimum Gasteiger partial charge on any atom is -0.391 e. The molecule has 4 nitrogen and oxygen atoms in total. The number of carbonyl (C=O) groups is 1. The van der Waals surface area contributed by atoms with Gasteiger partial charge in [-0.15, -0.1) is 0 Å². The third-order valence-corrected chi connectivity index (χ3v) is 3.56. The lowest BCUT2D eigenvalue weighted by Gasteiger charge is -2.17. The topological polar surface area (TPSA) is 52.6 Å². The molecule has 0 saturated carbocycles. The molecule has 1 heterocycles. The summed E-state index contributed by atoms with van der Waals surface area (Å²) in [6.45, 7) is 3.01. The van der Waals surface area contributed by atoms with Gasteiger partial charge in [0.2, 0.25) is 0 Å². The molecule has 0 spiro atoms. The molecule has 0 bridgehead atoms. The van der Waals surface area contributed by atoms with Crippen LogP contribution in [0.5, 0.6) is 0 Å². The Hall–Kier alpha value is -0.820. The molecule has 1 aliphatic rings. The lowest BCUT2D eigenvalue weighted by Crippen LogP contribution is -2.33. The number of β-amino-alcohol motifs (C(OH)–C–C–N with tert-alkyl or cyclic N) is 1. The number of hydrogen-bond donors (Lipinski definition) is 2. The van der Waals surface area contributed by atoms with E-state index in [4.69, 9.17) is 0 Å². The fourth-order valence-corrected chi connectivity index (χ4v) is 2.34. The number of halogens is 1. The molecule has 2 amide bonds. The standard InChI is InChI=1S/C12H15IN2O2/c1-8-2-3-9(13)6-11(8)14-12(17)15-5-4-10(16)7-15/h2-3,6,10,16H,4-5,7H2,1H3,(H,14,17)/t10-/m0/s1. The van der Waals surface area contributed by atoms with Gasteiger partial charge in [-0.25, -0.2) is 4.79 Å². The highest BCUT2D eigenvalue weighted by Gasteiger charge is 2.24. The molecule has 1 atom stereocenters. The van der Waals surface area contributed by atoms with Crippen LogP contribution in [0.2, 0.25) is 0 Å². The number of likely N-dealkylation sites (tertiary alicyclic amines) is 1. The minimum atomic E-state index is -0.377. The molecule has 1 aromatic rings. The number of carbonyl (C=O) groups excluding carboxylic acids is 1. The molecule has 0 radical (unpaired) electrons. The summed E-state index contributed by atoms with van der Waals surface area (Å²) in [5.41, 5.74) is 1.88. The molecule has 1 saturated heterocycles. The number of nitrogens with zero attached hydrogens (tertiary/aromatic N) is 1. The van der Waals surface area contributed by atoms with Gasteiger partial charge < -0.3 is 15.3 Å². The predicted octanol–water partition coefficient (Wildman–Crippen LogP) is 2.20. The molecule has 17 heavy (non-hydrogen) atoms. The molecule has 0 aliphatic carbocycles. The van der Waals surface area contributed by atoms with E-state index >= 15 is 0 Å². The molecular formula is C12H15IN2O2. The van der Waals surface area contributed by atoms with Crippen LogP contribution in [0.25, 0.3) is 0 Å². The van der Waals surface area contributed by atoms with E-state index in [9.17, 15) is 9.90 Å². The average molecular weight is 346 g/mol. The number of urea groups is 1. The van der Waals surface area contributed by atoms with Crippen LogP contribution in [0.3, 0.4) is 0 Å². The second kappa shape index (κ2) is 5.22. The Kier molecular flexibility index (Phi) is 3.88. The van der Waals surface area contributed by atoms with Crippen LogP contribution in [0.4, 0.5) is 10.5 Å². The molecule has 0 unspecified atom stereocenters. The van der Waals surface area contributed by atoms with Crippen LogP contribution in [-0.4, -0.2) is 35.2 Å². The fraction of sp³-hybridized carbons (Fsp3) is 0.417. The Balaban J connectivity index is 2.05. The summed E-state index contributed by atoms with van der Waals surface area (Å²) >= 11 is 2.22. The number of nitrogens with one attached hydrogen (secondary N) is 1. The molecule has 5 heteroatoms. The zero-order chi connectivity index (χ0) is 12.4. The number of aliphatic hydroxyl groups is 1. The van der Waals surface area contributed by atoms with Gasteiger partial charge in [0, 0.05) is 22.3 Å². The van der Waals surface area contributed by atoms with E-state index < -0.39 is 0 Å². The van der Waals surface area contributed by atoms with Crippen molar-refractivity contribution >= 4 is 34.3 Å². The highest BCUT2D eigenvalue weighted by Crippen LogP contribution is 2.19. The second-order valence-electron chi connectivity index (χ2n) is 4.28. The number of aryl methyl sites for hydroxylation is 1. The normalized spacial score (nSPS) is 19.5. The first-order valence-electron chi connectivity index (χ1n) is 5.56. The Morgan fingerprint density at radius 3 is 3.00 bits per heavy atom. The molecule has 2 N–H and O–H groups in total. The Morgan fingerprint density at radius 2 is 2.35 bits per heavy atom. The van der Waals surface area contributed by atoms with Crippen molar-refractivity contribution < 1.29 is 9.90 Å². The Labute approximate surface area is 114 Å². The van der Waals surface area contributed by atoms with E-state index in [-0.39, 0.29) is 12.1 Å². The van der Waals surface area contributed by atoms with Crippen molar-refractivity contribution in [1.29, 1.82) is 0 Å². The van der Waals surface area contributed by atoms with Crippen LogP contribution >= 0.6 is 22.6 Å². The number of amides is 2. The number of hydrogen-bond acceptors (Lipinski definition) is 2. The summed E-state index contributed by atoms with van der Waals surface area (Å²) in [5.74, 6) is 0. The number of benzene rings is 1. The van der Waals surface area contributed by atoms with Gasteiger partial charge in [-0.05, 0) is 53.6 Å². The van der Waals surface area contributed by atoms with Crippen molar-refractivity contribution in [3.8, 4) is 0 Å². The van der Waals surface area contributed by atoms with Gasteiger partial charge in [-0.3, -0.25) is 0 Å². The summed E-state index contributed by atoms with van der Waals surface area (Å²) in [6.07, 6.45) is 0.288. The van der Waals surface area contributed by atoms with Crippen molar-refractivity contribution in [3.05, 3.63) is 27.3 Å². The third kappa shape index (κ3) is 3.10.